The van der Waals surface area contributed by atoms with Crippen LogP contribution in [0.2, 0.25) is 0 Å². The number of guanidine groups is 1. The Morgan fingerprint density at radius 1 is 1.10 bits per heavy atom. The molecule has 6 heteroatoms. The maximum Gasteiger partial charge on any atom is 0.191 e. The van der Waals surface area contributed by atoms with Gasteiger partial charge in [-0.05, 0) is 49.6 Å². The molecule has 0 aromatic heterocycles. The summed E-state index contributed by atoms with van der Waals surface area (Å²) < 4.78 is 25.1. The number of rotatable bonds is 8. The van der Waals surface area contributed by atoms with Gasteiger partial charge in [0.2, 0.25) is 0 Å². The Kier molecular flexibility index (Phi) is 7.87. The summed E-state index contributed by atoms with van der Waals surface area (Å²) in [6, 6.07) is 16.6. The normalized spacial score (nSPS) is 16.3. The highest BCUT2D eigenvalue weighted by Crippen LogP contribution is 2.35. The molecule has 0 amide bonds. The average Bonchev–Trinajstić information content (AvgIpc) is 2.76. The van der Waals surface area contributed by atoms with E-state index in [0.29, 0.717) is 32.9 Å². The monoisotopic (exact) mass is 399 g/mol. The molecule has 1 aliphatic rings. The molecule has 0 saturated carbocycles. The summed E-state index contributed by atoms with van der Waals surface area (Å²) in [5, 5.41) is 6.60. The zero-order valence-corrected chi connectivity index (χ0v) is 17.0. The number of halogens is 1. The van der Waals surface area contributed by atoms with Gasteiger partial charge < -0.3 is 20.1 Å². The molecular weight excluding hydrogens is 369 g/mol. The summed E-state index contributed by atoms with van der Waals surface area (Å²) in [5.74, 6) is 1.38. The van der Waals surface area contributed by atoms with Crippen LogP contribution in [0.25, 0.3) is 0 Å². The Bertz CT molecular complexity index is 777. The van der Waals surface area contributed by atoms with Crippen LogP contribution in [-0.2, 0) is 10.2 Å². The van der Waals surface area contributed by atoms with E-state index in [2.05, 4.69) is 10.6 Å². The lowest BCUT2D eigenvalue weighted by molar-refractivity contribution is 0.0530. The molecular formula is C23H30FN3O2. The Balaban J connectivity index is 1.63. The second kappa shape index (κ2) is 10.8. The summed E-state index contributed by atoms with van der Waals surface area (Å²) in [6.45, 7) is 5.89. The quantitative estimate of drug-likeness (QED) is 0.405. The third-order valence-corrected chi connectivity index (χ3v) is 5.18. The van der Waals surface area contributed by atoms with Crippen LogP contribution in [0.5, 0.6) is 5.75 Å². The zero-order chi connectivity index (χ0) is 20.4. The van der Waals surface area contributed by atoms with Gasteiger partial charge >= 0.3 is 0 Å². The van der Waals surface area contributed by atoms with E-state index in [1.807, 2.05) is 43.3 Å². The standard InChI is InChI=1S/C23H30FN3O2/c1-2-25-22(26-13-16-29-21-9-4-3-5-10-21)27-18-23(11-14-28-15-12-23)19-7-6-8-20(24)17-19/h3-10,17H,2,11-16,18H2,1H3,(H2,25,26,27). The van der Waals surface area contributed by atoms with E-state index >= 15 is 0 Å². The molecule has 0 radical (unpaired) electrons. The number of nitrogens with one attached hydrogen (secondary N) is 2. The van der Waals surface area contributed by atoms with Crippen molar-refractivity contribution in [3.05, 3.63) is 66.0 Å². The molecule has 0 unspecified atom stereocenters. The van der Waals surface area contributed by atoms with Gasteiger partial charge in [-0.1, -0.05) is 30.3 Å². The first-order valence-corrected chi connectivity index (χ1v) is 10.3. The van der Waals surface area contributed by atoms with Gasteiger partial charge in [0.1, 0.15) is 18.2 Å². The van der Waals surface area contributed by atoms with Crippen molar-refractivity contribution in [3.8, 4) is 5.75 Å². The number of aliphatic imine (C=N–C) groups is 1. The summed E-state index contributed by atoms with van der Waals surface area (Å²) in [6.07, 6.45) is 1.66. The first-order chi connectivity index (χ1) is 14.2. The fourth-order valence-corrected chi connectivity index (χ4v) is 3.55. The van der Waals surface area contributed by atoms with Crippen molar-refractivity contribution in [3.63, 3.8) is 0 Å². The third-order valence-electron chi connectivity index (χ3n) is 5.18. The van der Waals surface area contributed by atoms with Crippen molar-refractivity contribution in [2.45, 2.75) is 25.2 Å². The predicted octanol–water partition coefficient (Wildman–Crippen LogP) is 3.51. The Hall–Kier alpha value is -2.60. The molecule has 0 aliphatic carbocycles. The smallest absolute Gasteiger partial charge is 0.191 e. The van der Waals surface area contributed by atoms with Gasteiger partial charge in [0.15, 0.2) is 5.96 Å². The van der Waals surface area contributed by atoms with Crippen LogP contribution in [0.1, 0.15) is 25.3 Å². The van der Waals surface area contributed by atoms with Gasteiger partial charge in [-0.15, -0.1) is 0 Å². The Morgan fingerprint density at radius 2 is 1.90 bits per heavy atom. The molecule has 2 aromatic rings. The second-order valence-corrected chi connectivity index (χ2v) is 7.19. The number of nitrogens with zero attached hydrogens (tertiary/aromatic N) is 1. The van der Waals surface area contributed by atoms with E-state index in [1.165, 1.54) is 6.07 Å². The van der Waals surface area contributed by atoms with E-state index in [4.69, 9.17) is 14.5 Å². The van der Waals surface area contributed by atoms with Crippen LogP contribution in [-0.4, -0.2) is 45.4 Å². The lowest BCUT2D eigenvalue weighted by atomic mass is 9.74. The van der Waals surface area contributed by atoms with Crippen molar-refractivity contribution in [1.82, 2.24) is 10.6 Å². The van der Waals surface area contributed by atoms with Crippen LogP contribution >= 0.6 is 0 Å². The van der Waals surface area contributed by atoms with Gasteiger partial charge in [0.05, 0.1) is 13.1 Å². The van der Waals surface area contributed by atoms with Crippen molar-refractivity contribution < 1.29 is 13.9 Å². The molecule has 0 spiro atoms. The molecule has 5 nitrogen and oxygen atoms in total. The van der Waals surface area contributed by atoms with Crippen LogP contribution in [0, 0.1) is 5.82 Å². The van der Waals surface area contributed by atoms with Gasteiger partial charge in [-0.3, -0.25) is 4.99 Å². The molecule has 0 bridgehead atoms. The van der Waals surface area contributed by atoms with Crippen molar-refractivity contribution >= 4 is 5.96 Å². The van der Waals surface area contributed by atoms with Gasteiger partial charge in [-0.25, -0.2) is 4.39 Å². The maximum absolute atomic E-state index is 13.9. The molecule has 156 valence electrons. The molecule has 29 heavy (non-hydrogen) atoms. The van der Waals surface area contributed by atoms with E-state index in [1.54, 1.807) is 12.1 Å². The largest absolute Gasteiger partial charge is 0.492 e. The molecule has 2 aromatic carbocycles. The first-order valence-electron chi connectivity index (χ1n) is 10.3. The van der Waals surface area contributed by atoms with Crippen LogP contribution in [0.15, 0.2) is 59.6 Å². The van der Waals surface area contributed by atoms with E-state index < -0.39 is 0 Å². The number of ether oxygens (including phenoxy) is 2. The molecule has 0 atom stereocenters. The summed E-state index contributed by atoms with van der Waals surface area (Å²) in [4.78, 5) is 4.82. The molecule has 3 rings (SSSR count). The Morgan fingerprint density at radius 3 is 2.62 bits per heavy atom. The van der Waals surface area contributed by atoms with Crippen molar-refractivity contribution in [2.75, 3.05) is 39.5 Å². The average molecular weight is 400 g/mol. The topological polar surface area (TPSA) is 54.9 Å². The highest BCUT2D eigenvalue weighted by molar-refractivity contribution is 5.79. The Labute approximate surface area is 172 Å². The molecule has 1 fully saturated rings. The lowest BCUT2D eigenvalue weighted by Crippen LogP contribution is -2.42. The summed E-state index contributed by atoms with van der Waals surface area (Å²) >= 11 is 0. The van der Waals surface area contributed by atoms with E-state index in [0.717, 1.165) is 36.7 Å². The van der Waals surface area contributed by atoms with E-state index in [9.17, 15) is 4.39 Å². The van der Waals surface area contributed by atoms with Gasteiger partial charge in [0, 0.05) is 25.2 Å². The highest BCUT2D eigenvalue weighted by Gasteiger charge is 2.34. The fraction of sp³-hybridized carbons (Fsp3) is 0.435. The van der Waals surface area contributed by atoms with Crippen molar-refractivity contribution in [2.24, 2.45) is 4.99 Å². The number of hydrogen-bond donors (Lipinski definition) is 2. The van der Waals surface area contributed by atoms with Gasteiger partial charge in [-0.2, -0.15) is 0 Å². The van der Waals surface area contributed by atoms with Crippen LogP contribution < -0.4 is 15.4 Å². The number of benzene rings is 2. The molecule has 1 heterocycles. The number of hydrogen-bond acceptors (Lipinski definition) is 3. The third kappa shape index (κ3) is 6.19. The number of para-hydroxylation sites is 1. The summed E-state index contributed by atoms with van der Waals surface area (Å²) in [7, 11) is 0. The second-order valence-electron chi connectivity index (χ2n) is 7.19. The molecule has 1 aliphatic heterocycles. The fourth-order valence-electron chi connectivity index (χ4n) is 3.55. The molecule has 2 N–H and O–H groups in total. The minimum Gasteiger partial charge on any atom is -0.492 e. The zero-order valence-electron chi connectivity index (χ0n) is 17.0. The van der Waals surface area contributed by atoms with Crippen LogP contribution in [0.4, 0.5) is 4.39 Å². The van der Waals surface area contributed by atoms with Crippen molar-refractivity contribution in [1.29, 1.82) is 0 Å². The van der Waals surface area contributed by atoms with E-state index in [-0.39, 0.29) is 11.2 Å². The molecule has 1 saturated heterocycles. The maximum atomic E-state index is 13.9. The summed E-state index contributed by atoms with van der Waals surface area (Å²) in [5.41, 5.74) is 0.788. The minimum absolute atomic E-state index is 0.205. The first kappa shape index (κ1) is 21.1. The lowest BCUT2D eigenvalue weighted by Gasteiger charge is -2.36. The highest BCUT2D eigenvalue weighted by atomic mass is 19.1. The van der Waals surface area contributed by atoms with Crippen LogP contribution in [0.3, 0.4) is 0 Å². The predicted molar refractivity (Wildman–Crippen MR) is 114 cm³/mol. The SMILES string of the molecule is CCNC(=NCC1(c2cccc(F)c2)CCOCC1)NCCOc1ccccc1. The van der Waals surface area contributed by atoms with Gasteiger partial charge in [0.25, 0.3) is 0 Å². The minimum atomic E-state index is -0.208.